The number of hydrogen-bond donors (Lipinski definition) is 2. The maximum absolute atomic E-state index is 10.8. The van der Waals surface area contributed by atoms with Crippen LogP contribution in [0.3, 0.4) is 0 Å². The monoisotopic (exact) mass is 216 g/mol. The summed E-state index contributed by atoms with van der Waals surface area (Å²) < 4.78 is 0. The highest BCUT2D eigenvalue weighted by molar-refractivity contribution is 5.77. The third-order valence-electron chi connectivity index (χ3n) is 2.77. The molecule has 0 aliphatic heterocycles. The fourth-order valence-corrected chi connectivity index (χ4v) is 1.54. The first kappa shape index (κ1) is 14.4. The maximum atomic E-state index is 10.8. The average molecular weight is 216 g/mol. The summed E-state index contributed by atoms with van der Waals surface area (Å²) in [5.41, 5.74) is 4.56. The molecule has 0 aliphatic rings. The van der Waals surface area contributed by atoms with Gasteiger partial charge in [0.25, 0.3) is 0 Å². The van der Waals surface area contributed by atoms with Gasteiger partial charge in [-0.3, -0.25) is 4.79 Å². The molecule has 0 aromatic rings. The van der Waals surface area contributed by atoms with E-state index in [1.54, 1.807) is 6.92 Å². The molecular formula is C11H24N2O2. The second-order valence-electron chi connectivity index (χ2n) is 4.55. The lowest BCUT2D eigenvalue weighted by Gasteiger charge is -2.26. The van der Waals surface area contributed by atoms with Gasteiger partial charge in [0.2, 0.25) is 0 Å². The summed E-state index contributed by atoms with van der Waals surface area (Å²) in [6.45, 7) is 9.87. The Kier molecular flexibility index (Phi) is 5.83. The zero-order valence-corrected chi connectivity index (χ0v) is 10.3. The smallest absolute Gasteiger partial charge is 0.323 e. The van der Waals surface area contributed by atoms with Crippen molar-refractivity contribution in [1.29, 1.82) is 0 Å². The predicted octanol–water partition coefficient (Wildman–Crippen LogP) is 1.30. The van der Waals surface area contributed by atoms with Gasteiger partial charge in [0.1, 0.15) is 5.54 Å². The van der Waals surface area contributed by atoms with Crippen LogP contribution in [-0.4, -0.2) is 40.6 Å². The first-order chi connectivity index (χ1) is 6.81. The van der Waals surface area contributed by atoms with Gasteiger partial charge < -0.3 is 15.7 Å². The Hall–Kier alpha value is -0.610. The molecule has 0 aromatic carbocycles. The maximum Gasteiger partial charge on any atom is 0.323 e. The molecule has 4 heteroatoms. The van der Waals surface area contributed by atoms with E-state index in [-0.39, 0.29) is 0 Å². The van der Waals surface area contributed by atoms with E-state index in [1.165, 1.54) is 0 Å². The van der Waals surface area contributed by atoms with Crippen molar-refractivity contribution in [3.63, 3.8) is 0 Å². The van der Waals surface area contributed by atoms with Crippen molar-refractivity contribution in [3.05, 3.63) is 0 Å². The molecule has 0 saturated heterocycles. The van der Waals surface area contributed by atoms with Gasteiger partial charge in [0, 0.05) is 6.04 Å². The van der Waals surface area contributed by atoms with Crippen LogP contribution in [0.4, 0.5) is 0 Å². The third kappa shape index (κ3) is 5.14. The molecule has 4 nitrogen and oxygen atoms in total. The van der Waals surface area contributed by atoms with Crippen molar-refractivity contribution in [2.24, 2.45) is 5.73 Å². The number of carboxylic acids is 1. The average Bonchev–Trinajstić information content (AvgIpc) is 2.11. The molecule has 0 heterocycles. The van der Waals surface area contributed by atoms with Gasteiger partial charge in [0.05, 0.1) is 0 Å². The van der Waals surface area contributed by atoms with Crippen molar-refractivity contribution >= 4 is 5.97 Å². The highest BCUT2D eigenvalue weighted by Gasteiger charge is 2.27. The van der Waals surface area contributed by atoms with Gasteiger partial charge in [-0.05, 0) is 46.7 Å². The number of rotatable bonds is 7. The Morgan fingerprint density at radius 3 is 2.40 bits per heavy atom. The van der Waals surface area contributed by atoms with Crippen LogP contribution >= 0.6 is 0 Å². The normalized spacial score (nSPS) is 15.7. The van der Waals surface area contributed by atoms with Gasteiger partial charge in [-0.15, -0.1) is 0 Å². The topological polar surface area (TPSA) is 66.6 Å². The molecule has 0 aromatic heterocycles. The molecule has 0 saturated carbocycles. The van der Waals surface area contributed by atoms with Crippen LogP contribution in [0.5, 0.6) is 0 Å². The third-order valence-corrected chi connectivity index (χ3v) is 2.77. The molecular weight excluding hydrogens is 192 g/mol. The number of aliphatic carboxylic acids is 1. The van der Waals surface area contributed by atoms with Crippen LogP contribution in [0.2, 0.25) is 0 Å². The molecule has 0 fully saturated rings. The summed E-state index contributed by atoms with van der Waals surface area (Å²) in [7, 11) is 0. The van der Waals surface area contributed by atoms with E-state index in [9.17, 15) is 4.79 Å². The minimum atomic E-state index is -1.09. The van der Waals surface area contributed by atoms with Crippen molar-refractivity contribution < 1.29 is 9.90 Å². The molecule has 1 unspecified atom stereocenters. The largest absolute Gasteiger partial charge is 0.480 e. The Morgan fingerprint density at radius 1 is 1.53 bits per heavy atom. The molecule has 0 radical (unpaired) electrons. The van der Waals surface area contributed by atoms with Gasteiger partial charge >= 0.3 is 5.97 Å². The summed E-state index contributed by atoms with van der Waals surface area (Å²) in [5, 5.41) is 8.83. The second-order valence-corrected chi connectivity index (χ2v) is 4.55. The molecule has 3 N–H and O–H groups in total. The minimum absolute atomic E-state index is 0.504. The molecule has 0 amide bonds. The summed E-state index contributed by atoms with van der Waals surface area (Å²) in [6.07, 6.45) is 1.34. The van der Waals surface area contributed by atoms with E-state index >= 15 is 0 Å². The van der Waals surface area contributed by atoms with Crippen molar-refractivity contribution in [2.75, 3.05) is 13.1 Å². The van der Waals surface area contributed by atoms with Crippen molar-refractivity contribution in [3.8, 4) is 0 Å². The molecule has 0 spiro atoms. The van der Waals surface area contributed by atoms with Crippen LogP contribution in [0.15, 0.2) is 0 Å². The van der Waals surface area contributed by atoms with Gasteiger partial charge in [-0.25, -0.2) is 0 Å². The van der Waals surface area contributed by atoms with E-state index in [0.717, 1.165) is 19.5 Å². The lowest BCUT2D eigenvalue weighted by Crippen LogP contribution is -2.45. The standard InChI is InChI=1S/C11H24N2O2/c1-5-13(9(2)3)8-6-7-11(4,12)10(14)15/h9H,5-8,12H2,1-4H3,(H,14,15). The first-order valence-corrected chi connectivity index (χ1v) is 5.57. The molecule has 90 valence electrons. The Bertz CT molecular complexity index is 203. The lowest BCUT2D eigenvalue weighted by molar-refractivity contribution is -0.142. The van der Waals surface area contributed by atoms with E-state index in [4.69, 9.17) is 10.8 Å². The van der Waals surface area contributed by atoms with E-state index < -0.39 is 11.5 Å². The Balaban J connectivity index is 3.92. The fourth-order valence-electron chi connectivity index (χ4n) is 1.54. The lowest BCUT2D eigenvalue weighted by atomic mass is 9.97. The predicted molar refractivity (Wildman–Crippen MR) is 61.8 cm³/mol. The van der Waals surface area contributed by atoms with Gasteiger partial charge in [-0.2, -0.15) is 0 Å². The first-order valence-electron chi connectivity index (χ1n) is 5.57. The Labute approximate surface area is 92.4 Å². The molecule has 0 rings (SSSR count). The quantitative estimate of drug-likeness (QED) is 0.673. The zero-order valence-electron chi connectivity index (χ0n) is 10.3. The van der Waals surface area contributed by atoms with Crippen LogP contribution in [0.1, 0.15) is 40.5 Å². The zero-order chi connectivity index (χ0) is 12.1. The van der Waals surface area contributed by atoms with Crippen molar-refractivity contribution in [1.82, 2.24) is 4.90 Å². The minimum Gasteiger partial charge on any atom is -0.480 e. The van der Waals surface area contributed by atoms with E-state index in [1.807, 2.05) is 0 Å². The molecule has 1 atom stereocenters. The number of nitrogens with two attached hydrogens (primary N) is 1. The highest BCUT2D eigenvalue weighted by atomic mass is 16.4. The summed E-state index contributed by atoms with van der Waals surface area (Å²) >= 11 is 0. The SMILES string of the molecule is CCN(CCCC(C)(N)C(=O)O)C(C)C. The Morgan fingerprint density at radius 2 is 2.07 bits per heavy atom. The summed E-state index contributed by atoms with van der Waals surface area (Å²) in [6, 6.07) is 0.504. The molecule has 15 heavy (non-hydrogen) atoms. The fraction of sp³-hybridized carbons (Fsp3) is 0.909. The highest BCUT2D eigenvalue weighted by Crippen LogP contribution is 2.10. The number of carbonyl (C=O) groups is 1. The number of nitrogens with zero attached hydrogens (tertiary/aromatic N) is 1. The van der Waals surface area contributed by atoms with E-state index in [2.05, 4.69) is 25.7 Å². The summed E-state index contributed by atoms with van der Waals surface area (Å²) in [4.78, 5) is 13.1. The van der Waals surface area contributed by atoms with E-state index in [0.29, 0.717) is 12.5 Å². The van der Waals surface area contributed by atoms with Crippen LogP contribution < -0.4 is 5.73 Å². The van der Waals surface area contributed by atoms with Crippen LogP contribution in [0, 0.1) is 0 Å². The number of carboxylic acid groups (broad SMARTS) is 1. The van der Waals surface area contributed by atoms with Gasteiger partial charge in [-0.1, -0.05) is 6.92 Å². The molecule has 0 aliphatic carbocycles. The summed E-state index contributed by atoms with van der Waals surface area (Å²) in [5.74, 6) is -0.921. The van der Waals surface area contributed by atoms with Crippen molar-refractivity contribution in [2.45, 2.75) is 52.1 Å². The molecule has 0 bridgehead atoms. The number of hydrogen-bond acceptors (Lipinski definition) is 3. The second kappa shape index (κ2) is 6.08. The van der Waals surface area contributed by atoms with Gasteiger partial charge in [0.15, 0.2) is 0 Å². The van der Waals surface area contributed by atoms with Crippen LogP contribution in [0.25, 0.3) is 0 Å². The van der Waals surface area contributed by atoms with Crippen LogP contribution in [-0.2, 0) is 4.79 Å².